The van der Waals surface area contributed by atoms with E-state index in [9.17, 15) is 4.79 Å². The van der Waals surface area contributed by atoms with Gasteiger partial charge in [-0.25, -0.2) is 0 Å². The summed E-state index contributed by atoms with van der Waals surface area (Å²) in [6.07, 6.45) is 1.63. The molecule has 0 atom stereocenters. The Morgan fingerprint density at radius 1 is 1.04 bits per heavy atom. The molecule has 0 saturated heterocycles. The van der Waals surface area contributed by atoms with E-state index >= 15 is 0 Å². The Kier molecular flexibility index (Phi) is 5.54. The highest BCUT2D eigenvalue weighted by Gasteiger charge is 2.19. The summed E-state index contributed by atoms with van der Waals surface area (Å²) < 4.78 is 2.55. The summed E-state index contributed by atoms with van der Waals surface area (Å²) in [5.41, 5.74) is 0.902. The predicted octanol–water partition coefficient (Wildman–Crippen LogP) is 7.01. The van der Waals surface area contributed by atoms with Crippen molar-refractivity contribution in [2.24, 2.45) is 0 Å². The summed E-state index contributed by atoms with van der Waals surface area (Å²) in [5, 5.41) is 9.61. The Hall–Kier alpha value is -1.76. The zero-order valence-corrected chi connectivity index (χ0v) is 17.9. The molecule has 0 aliphatic carbocycles. The van der Waals surface area contributed by atoms with Gasteiger partial charge in [0, 0.05) is 16.3 Å². The van der Waals surface area contributed by atoms with E-state index < -0.39 is 0 Å². The van der Waals surface area contributed by atoms with Gasteiger partial charge in [0.05, 0.1) is 21.6 Å². The fraction of sp³-hybridized carbons (Fsp3) is 0.0526. The highest BCUT2D eigenvalue weighted by atomic mass is 35.5. The number of fused-ring (bicyclic) bond motifs is 1. The monoisotopic (exact) mass is 469 g/mol. The lowest BCUT2D eigenvalue weighted by atomic mass is 10.2. The Labute approximate surface area is 184 Å². The van der Waals surface area contributed by atoms with Gasteiger partial charge in [0.2, 0.25) is 0 Å². The fourth-order valence-electron chi connectivity index (χ4n) is 2.71. The van der Waals surface area contributed by atoms with Crippen LogP contribution in [0.15, 0.2) is 48.7 Å². The molecule has 4 aromatic rings. The highest BCUT2D eigenvalue weighted by molar-refractivity contribution is 7.21. The maximum atomic E-state index is 12.7. The Balaban J connectivity index is 1.55. The van der Waals surface area contributed by atoms with Gasteiger partial charge >= 0.3 is 0 Å². The third kappa shape index (κ3) is 3.86. The largest absolute Gasteiger partial charge is 0.303 e. The lowest BCUT2D eigenvalue weighted by Gasteiger charge is -2.04. The molecule has 1 amide bonds. The minimum atomic E-state index is -0.354. The average molecular weight is 471 g/mol. The fourth-order valence-corrected chi connectivity index (χ4v) is 4.64. The summed E-state index contributed by atoms with van der Waals surface area (Å²) >= 11 is 25.9. The van der Waals surface area contributed by atoms with Crippen molar-refractivity contribution in [3.8, 4) is 0 Å². The van der Waals surface area contributed by atoms with E-state index in [0.717, 1.165) is 15.6 Å². The first-order chi connectivity index (χ1) is 13.4. The molecule has 0 fully saturated rings. The summed E-state index contributed by atoms with van der Waals surface area (Å²) in [5.74, 6) is -0.0897. The molecule has 0 radical (unpaired) electrons. The van der Waals surface area contributed by atoms with E-state index in [1.165, 1.54) is 11.3 Å². The summed E-state index contributed by atoms with van der Waals surface area (Å²) in [7, 11) is 0. The molecule has 0 unspecified atom stereocenters. The van der Waals surface area contributed by atoms with Gasteiger partial charge in [-0.15, -0.1) is 11.3 Å². The van der Waals surface area contributed by atoms with Crippen molar-refractivity contribution < 1.29 is 4.79 Å². The molecule has 0 aliphatic heterocycles. The smallest absolute Gasteiger partial charge is 0.268 e. The third-order valence-corrected chi connectivity index (χ3v) is 6.71. The Morgan fingerprint density at radius 2 is 1.82 bits per heavy atom. The maximum absolute atomic E-state index is 12.7. The molecule has 28 heavy (non-hydrogen) atoms. The molecule has 1 N–H and O–H groups in total. The first kappa shape index (κ1) is 19.6. The SMILES string of the molecule is O=C(Nc1nn(Cc2ccc(Cl)c(Cl)c2)cc1Cl)c1sc2ccccc2c1Cl. The number of carbonyl (C=O) groups is 1. The normalized spacial score (nSPS) is 11.1. The van der Waals surface area contributed by atoms with Crippen molar-refractivity contribution in [3.63, 3.8) is 0 Å². The van der Waals surface area contributed by atoms with Gasteiger partial charge in [0.15, 0.2) is 5.82 Å². The summed E-state index contributed by atoms with van der Waals surface area (Å²) in [6.45, 7) is 0.427. The number of aromatic nitrogens is 2. The second kappa shape index (κ2) is 7.93. The van der Waals surface area contributed by atoms with Crippen LogP contribution in [0.5, 0.6) is 0 Å². The number of anilines is 1. The molecule has 2 aromatic heterocycles. The number of rotatable bonds is 4. The van der Waals surface area contributed by atoms with Crippen LogP contribution in [0, 0.1) is 0 Å². The molecule has 0 bridgehead atoms. The van der Waals surface area contributed by atoms with Crippen LogP contribution in [0.1, 0.15) is 15.2 Å². The van der Waals surface area contributed by atoms with E-state index in [-0.39, 0.29) is 11.7 Å². The second-order valence-electron chi connectivity index (χ2n) is 5.97. The third-order valence-electron chi connectivity index (χ3n) is 4.02. The molecular formula is C19H11Cl4N3OS. The van der Waals surface area contributed by atoms with Crippen LogP contribution in [-0.2, 0) is 6.54 Å². The van der Waals surface area contributed by atoms with Gasteiger partial charge in [-0.3, -0.25) is 9.48 Å². The number of amides is 1. The van der Waals surface area contributed by atoms with E-state index in [2.05, 4.69) is 10.4 Å². The first-order valence-corrected chi connectivity index (χ1v) is 10.4. The van der Waals surface area contributed by atoms with E-state index in [1.807, 2.05) is 30.3 Å². The van der Waals surface area contributed by atoms with E-state index in [1.54, 1.807) is 23.0 Å². The van der Waals surface area contributed by atoms with Crippen LogP contribution in [0.2, 0.25) is 20.1 Å². The van der Waals surface area contributed by atoms with Crippen molar-refractivity contribution >= 4 is 79.6 Å². The number of hydrogen-bond acceptors (Lipinski definition) is 3. The number of nitrogens with zero attached hydrogens (tertiary/aromatic N) is 2. The van der Waals surface area contributed by atoms with Gasteiger partial charge < -0.3 is 5.32 Å². The minimum absolute atomic E-state index is 0.264. The molecule has 4 rings (SSSR count). The van der Waals surface area contributed by atoms with Gasteiger partial charge in [0.1, 0.15) is 9.90 Å². The molecule has 4 nitrogen and oxygen atoms in total. The molecule has 0 aliphatic rings. The van der Waals surface area contributed by atoms with Gasteiger partial charge in [-0.05, 0) is 23.8 Å². The predicted molar refractivity (Wildman–Crippen MR) is 118 cm³/mol. The van der Waals surface area contributed by atoms with Crippen LogP contribution in [-0.4, -0.2) is 15.7 Å². The van der Waals surface area contributed by atoms with Gasteiger partial charge in [0.25, 0.3) is 5.91 Å². The number of thiophene rings is 1. The van der Waals surface area contributed by atoms with Crippen LogP contribution in [0.3, 0.4) is 0 Å². The average Bonchev–Trinajstić information content (AvgIpc) is 3.18. The van der Waals surface area contributed by atoms with E-state index in [4.69, 9.17) is 46.4 Å². The Bertz CT molecular complexity index is 1200. The first-order valence-electron chi connectivity index (χ1n) is 8.07. The molecule has 142 valence electrons. The summed E-state index contributed by atoms with van der Waals surface area (Å²) in [4.78, 5) is 13.1. The number of hydrogen-bond donors (Lipinski definition) is 1. The Morgan fingerprint density at radius 3 is 2.57 bits per heavy atom. The molecule has 9 heteroatoms. The van der Waals surface area contributed by atoms with Crippen molar-refractivity contribution in [3.05, 3.63) is 79.2 Å². The van der Waals surface area contributed by atoms with Crippen molar-refractivity contribution in [1.29, 1.82) is 0 Å². The summed E-state index contributed by atoms with van der Waals surface area (Å²) in [6, 6.07) is 12.9. The zero-order valence-electron chi connectivity index (χ0n) is 14.0. The standard InChI is InChI=1S/C19H11Cl4N3OS/c20-12-6-5-10(7-13(12)21)8-26-9-14(22)18(25-26)24-19(27)17-16(23)11-3-1-2-4-15(11)28-17/h1-7,9H,8H2,(H,24,25,27). The number of nitrogens with one attached hydrogen (secondary N) is 1. The molecular weight excluding hydrogens is 460 g/mol. The maximum Gasteiger partial charge on any atom is 0.268 e. The van der Waals surface area contributed by atoms with Crippen LogP contribution < -0.4 is 5.32 Å². The van der Waals surface area contributed by atoms with Crippen LogP contribution in [0.4, 0.5) is 5.82 Å². The molecule has 2 heterocycles. The highest BCUT2D eigenvalue weighted by Crippen LogP contribution is 2.35. The molecule has 0 spiro atoms. The van der Waals surface area contributed by atoms with Crippen LogP contribution >= 0.6 is 57.7 Å². The van der Waals surface area contributed by atoms with Crippen molar-refractivity contribution in [1.82, 2.24) is 9.78 Å². The van der Waals surface area contributed by atoms with Crippen LogP contribution in [0.25, 0.3) is 10.1 Å². The lowest BCUT2D eigenvalue weighted by molar-refractivity contribution is 0.103. The molecule has 2 aromatic carbocycles. The zero-order chi connectivity index (χ0) is 19.8. The quantitative estimate of drug-likeness (QED) is 0.348. The minimum Gasteiger partial charge on any atom is -0.303 e. The molecule has 0 saturated carbocycles. The number of benzene rings is 2. The van der Waals surface area contributed by atoms with Crippen molar-refractivity contribution in [2.45, 2.75) is 6.54 Å². The second-order valence-corrected chi connectivity index (χ2v) is 8.62. The number of carbonyl (C=O) groups excluding carboxylic acids is 1. The van der Waals surface area contributed by atoms with Gasteiger partial charge in [-0.1, -0.05) is 70.7 Å². The number of halogens is 4. The van der Waals surface area contributed by atoms with Crippen molar-refractivity contribution in [2.75, 3.05) is 5.32 Å². The van der Waals surface area contributed by atoms with Gasteiger partial charge in [-0.2, -0.15) is 5.10 Å². The van der Waals surface area contributed by atoms with E-state index in [0.29, 0.717) is 31.5 Å². The topological polar surface area (TPSA) is 46.9 Å². The lowest BCUT2D eigenvalue weighted by Crippen LogP contribution is -2.12.